The predicted molar refractivity (Wildman–Crippen MR) is 116 cm³/mol. The minimum absolute atomic E-state index is 0.307. The van der Waals surface area contributed by atoms with Crippen LogP contribution in [0, 0.1) is 0 Å². The molecule has 0 spiro atoms. The van der Waals surface area contributed by atoms with Gasteiger partial charge in [0, 0.05) is 0 Å². The van der Waals surface area contributed by atoms with Gasteiger partial charge in [0.1, 0.15) is 5.75 Å². The molecule has 1 aromatic rings. The summed E-state index contributed by atoms with van der Waals surface area (Å²) < 4.78 is 5.92. The molecule has 0 radical (unpaired) electrons. The van der Waals surface area contributed by atoms with E-state index >= 15 is 0 Å². The quantitative estimate of drug-likeness (QED) is 0.253. The van der Waals surface area contributed by atoms with Gasteiger partial charge in [-0.2, -0.15) is 0 Å². The lowest BCUT2D eigenvalue weighted by Crippen LogP contribution is -2.09. The summed E-state index contributed by atoms with van der Waals surface area (Å²) in [5.41, 5.74) is 1.42. The van der Waals surface area contributed by atoms with Crippen LogP contribution in [0.5, 0.6) is 5.75 Å². The summed E-state index contributed by atoms with van der Waals surface area (Å²) in [5.74, 6) is 1.03. The van der Waals surface area contributed by atoms with Crippen LogP contribution in [0.15, 0.2) is 24.3 Å². The molecule has 0 saturated carbocycles. The fraction of sp³-hybridized carbons (Fsp3) is 0.760. The standard InChI is InChI=1S/C25H44O/c1-4-6-7-8-9-10-11-12-13-14-15-16-17-19-24-20-18-21-25(22-24)26-23(3)5-2/h18,20-23H,4-17,19H2,1-3H3. The van der Waals surface area contributed by atoms with Crippen molar-refractivity contribution in [3.05, 3.63) is 29.8 Å². The third kappa shape index (κ3) is 12.4. The average molecular weight is 361 g/mol. The van der Waals surface area contributed by atoms with E-state index in [1.165, 1.54) is 95.5 Å². The van der Waals surface area contributed by atoms with E-state index in [9.17, 15) is 0 Å². The normalized spacial score (nSPS) is 12.3. The molecular weight excluding hydrogens is 316 g/mol. The highest BCUT2D eigenvalue weighted by molar-refractivity contribution is 5.28. The summed E-state index contributed by atoms with van der Waals surface area (Å²) in [6, 6.07) is 8.69. The minimum atomic E-state index is 0.307. The van der Waals surface area contributed by atoms with Crippen molar-refractivity contribution >= 4 is 0 Å². The minimum Gasteiger partial charge on any atom is -0.491 e. The lowest BCUT2D eigenvalue weighted by Gasteiger charge is -2.13. The second-order valence-corrected chi connectivity index (χ2v) is 7.98. The van der Waals surface area contributed by atoms with Crippen LogP contribution in [-0.4, -0.2) is 6.10 Å². The van der Waals surface area contributed by atoms with Crippen LogP contribution >= 0.6 is 0 Å². The summed E-state index contributed by atoms with van der Waals surface area (Å²) in [6.45, 7) is 6.60. The summed E-state index contributed by atoms with van der Waals surface area (Å²) in [5, 5.41) is 0. The van der Waals surface area contributed by atoms with Crippen molar-refractivity contribution in [3.8, 4) is 5.75 Å². The van der Waals surface area contributed by atoms with E-state index in [1.54, 1.807) is 0 Å². The topological polar surface area (TPSA) is 9.23 Å². The zero-order valence-corrected chi connectivity index (χ0v) is 17.9. The largest absolute Gasteiger partial charge is 0.491 e. The Labute approximate surface area is 163 Å². The Hall–Kier alpha value is -0.980. The van der Waals surface area contributed by atoms with Crippen molar-refractivity contribution in [2.45, 2.75) is 123 Å². The number of benzene rings is 1. The van der Waals surface area contributed by atoms with Crippen molar-refractivity contribution in [2.24, 2.45) is 0 Å². The average Bonchev–Trinajstić information content (AvgIpc) is 2.65. The first-order valence-corrected chi connectivity index (χ1v) is 11.5. The number of hydrogen-bond acceptors (Lipinski definition) is 1. The molecule has 0 N–H and O–H groups in total. The van der Waals surface area contributed by atoms with Crippen LogP contribution < -0.4 is 4.74 Å². The Kier molecular flexibility index (Phi) is 14.4. The fourth-order valence-corrected chi connectivity index (χ4v) is 3.44. The van der Waals surface area contributed by atoms with Crippen LogP contribution in [0.2, 0.25) is 0 Å². The van der Waals surface area contributed by atoms with Crippen LogP contribution in [-0.2, 0) is 6.42 Å². The molecule has 1 nitrogen and oxygen atoms in total. The van der Waals surface area contributed by atoms with Crippen LogP contribution in [0.25, 0.3) is 0 Å². The monoisotopic (exact) mass is 360 g/mol. The highest BCUT2D eigenvalue weighted by Crippen LogP contribution is 2.18. The highest BCUT2D eigenvalue weighted by Gasteiger charge is 2.02. The molecule has 0 heterocycles. The van der Waals surface area contributed by atoms with Crippen LogP contribution in [0.1, 0.15) is 116 Å². The number of rotatable bonds is 17. The second-order valence-electron chi connectivity index (χ2n) is 7.98. The van der Waals surface area contributed by atoms with Gasteiger partial charge in [0.15, 0.2) is 0 Å². The van der Waals surface area contributed by atoms with Crippen molar-refractivity contribution in [3.63, 3.8) is 0 Å². The van der Waals surface area contributed by atoms with Gasteiger partial charge in [0.2, 0.25) is 0 Å². The number of hydrogen-bond donors (Lipinski definition) is 0. The molecule has 1 atom stereocenters. The molecule has 0 aromatic heterocycles. The zero-order chi connectivity index (χ0) is 18.9. The molecule has 1 unspecified atom stereocenters. The summed E-state index contributed by atoms with van der Waals surface area (Å²) >= 11 is 0. The molecule has 0 saturated heterocycles. The molecule has 0 amide bonds. The predicted octanol–water partition coefficient (Wildman–Crippen LogP) is 8.50. The van der Waals surface area contributed by atoms with Gasteiger partial charge in [-0.3, -0.25) is 0 Å². The van der Waals surface area contributed by atoms with Crippen molar-refractivity contribution in [2.75, 3.05) is 0 Å². The van der Waals surface area contributed by atoms with Crippen molar-refractivity contribution < 1.29 is 4.74 Å². The van der Waals surface area contributed by atoms with Crippen molar-refractivity contribution in [1.82, 2.24) is 0 Å². The molecule has 0 aliphatic carbocycles. The van der Waals surface area contributed by atoms with Gasteiger partial charge in [-0.05, 0) is 43.9 Å². The van der Waals surface area contributed by atoms with Gasteiger partial charge < -0.3 is 4.74 Å². The third-order valence-corrected chi connectivity index (χ3v) is 5.38. The lowest BCUT2D eigenvalue weighted by atomic mass is 10.0. The Morgan fingerprint density at radius 1 is 0.731 bits per heavy atom. The van der Waals surface area contributed by atoms with E-state index in [-0.39, 0.29) is 0 Å². The summed E-state index contributed by atoms with van der Waals surface area (Å²) in [6.07, 6.45) is 21.0. The van der Waals surface area contributed by atoms with Gasteiger partial charge in [-0.25, -0.2) is 0 Å². The first kappa shape index (κ1) is 23.1. The van der Waals surface area contributed by atoms with E-state index in [0.717, 1.165) is 12.2 Å². The maximum absolute atomic E-state index is 5.92. The van der Waals surface area contributed by atoms with Gasteiger partial charge in [0.25, 0.3) is 0 Å². The third-order valence-electron chi connectivity index (χ3n) is 5.38. The van der Waals surface area contributed by atoms with E-state index < -0.39 is 0 Å². The SMILES string of the molecule is CCCCCCCCCCCCCCCc1cccc(OC(C)CC)c1. The Bertz CT molecular complexity index is 426. The van der Waals surface area contributed by atoms with Gasteiger partial charge in [-0.15, -0.1) is 0 Å². The van der Waals surface area contributed by atoms with E-state index in [1.807, 2.05) is 0 Å². The molecule has 0 aliphatic heterocycles. The van der Waals surface area contributed by atoms with E-state index in [2.05, 4.69) is 45.0 Å². The van der Waals surface area contributed by atoms with Gasteiger partial charge >= 0.3 is 0 Å². The first-order chi connectivity index (χ1) is 12.8. The number of ether oxygens (including phenoxy) is 1. The Balaban J connectivity index is 1.95. The molecule has 1 rings (SSSR count). The highest BCUT2D eigenvalue weighted by atomic mass is 16.5. The smallest absolute Gasteiger partial charge is 0.119 e. The lowest BCUT2D eigenvalue weighted by molar-refractivity contribution is 0.217. The maximum atomic E-state index is 5.92. The molecule has 0 bridgehead atoms. The molecule has 1 heteroatoms. The maximum Gasteiger partial charge on any atom is 0.119 e. The molecular formula is C25H44O. The first-order valence-electron chi connectivity index (χ1n) is 11.5. The van der Waals surface area contributed by atoms with Gasteiger partial charge in [0.05, 0.1) is 6.10 Å². The van der Waals surface area contributed by atoms with Gasteiger partial charge in [-0.1, -0.05) is 103 Å². The van der Waals surface area contributed by atoms with Crippen molar-refractivity contribution in [1.29, 1.82) is 0 Å². The zero-order valence-electron chi connectivity index (χ0n) is 17.9. The van der Waals surface area contributed by atoms with E-state index in [4.69, 9.17) is 4.74 Å². The molecule has 0 aliphatic rings. The van der Waals surface area contributed by atoms with E-state index in [0.29, 0.717) is 6.10 Å². The molecule has 26 heavy (non-hydrogen) atoms. The Morgan fingerprint density at radius 3 is 1.81 bits per heavy atom. The van der Waals surface area contributed by atoms with Crippen LogP contribution in [0.4, 0.5) is 0 Å². The van der Waals surface area contributed by atoms with Crippen LogP contribution in [0.3, 0.4) is 0 Å². The fourth-order valence-electron chi connectivity index (χ4n) is 3.44. The Morgan fingerprint density at radius 2 is 1.27 bits per heavy atom. The molecule has 150 valence electrons. The summed E-state index contributed by atoms with van der Waals surface area (Å²) in [7, 11) is 0. The molecule has 0 fully saturated rings. The molecule has 1 aromatic carbocycles. The number of aryl methyl sites for hydroxylation is 1. The second kappa shape index (κ2) is 16.2. The summed E-state index contributed by atoms with van der Waals surface area (Å²) in [4.78, 5) is 0. The number of unbranched alkanes of at least 4 members (excludes halogenated alkanes) is 12.